The fraction of sp³-hybridized carbons (Fsp3) is 0.133. The molecule has 1 N–H and O–H groups in total. The van der Waals surface area contributed by atoms with Crippen LogP contribution in [0.5, 0.6) is 0 Å². The minimum Gasteiger partial charge on any atom is -0.352 e. The first-order valence-electron chi connectivity index (χ1n) is 6.16. The van der Waals surface area contributed by atoms with Gasteiger partial charge in [0.15, 0.2) is 11.6 Å². The summed E-state index contributed by atoms with van der Waals surface area (Å²) in [5.41, 5.74) is 0.441. The first kappa shape index (κ1) is 15.7. The van der Waals surface area contributed by atoms with Crippen LogP contribution in [0.3, 0.4) is 0 Å². The van der Waals surface area contributed by atoms with Crippen molar-refractivity contribution < 1.29 is 13.6 Å². The zero-order chi connectivity index (χ0) is 15.4. The summed E-state index contributed by atoms with van der Waals surface area (Å²) in [6, 6.07) is 8.65. The Morgan fingerprint density at radius 3 is 2.57 bits per heavy atom. The largest absolute Gasteiger partial charge is 0.352 e. The third-order valence-corrected chi connectivity index (χ3v) is 3.77. The van der Waals surface area contributed by atoms with Gasteiger partial charge in [-0.3, -0.25) is 4.79 Å². The predicted molar refractivity (Wildman–Crippen MR) is 78.9 cm³/mol. The molecule has 110 valence electrons. The molecule has 0 aliphatic heterocycles. The van der Waals surface area contributed by atoms with Gasteiger partial charge < -0.3 is 5.32 Å². The molecule has 2 aromatic rings. The van der Waals surface area contributed by atoms with Crippen molar-refractivity contribution in [3.63, 3.8) is 0 Å². The number of carbonyl (C=O) groups is 1. The Hall–Kier alpha value is -1.65. The summed E-state index contributed by atoms with van der Waals surface area (Å²) in [4.78, 5) is 11.8. The van der Waals surface area contributed by atoms with Crippen LogP contribution in [-0.4, -0.2) is 12.5 Å². The molecule has 2 aromatic carbocycles. The third-order valence-electron chi connectivity index (χ3n) is 2.91. The van der Waals surface area contributed by atoms with Crippen molar-refractivity contribution in [2.24, 2.45) is 0 Å². The van der Waals surface area contributed by atoms with Crippen molar-refractivity contribution in [3.05, 3.63) is 69.2 Å². The van der Waals surface area contributed by atoms with E-state index < -0.39 is 17.5 Å². The van der Waals surface area contributed by atoms with E-state index in [1.165, 1.54) is 12.1 Å². The molecule has 0 fully saturated rings. The highest BCUT2D eigenvalue weighted by molar-refractivity contribution is 6.42. The number of amides is 1. The van der Waals surface area contributed by atoms with Gasteiger partial charge in [0.1, 0.15) is 0 Å². The molecule has 0 bridgehead atoms. The number of benzene rings is 2. The van der Waals surface area contributed by atoms with E-state index >= 15 is 0 Å². The van der Waals surface area contributed by atoms with Crippen molar-refractivity contribution in [3.8, 4) is 0 Å². The van der Waals surface area contributed by atoms with Gasteiger partial charge in [-0.1, -0.05) is 41.4 Å². The summed E-state index contributed by atoms with van der Waals surface area (Å²) in [5, 5.41) is 3.36. The van der Waals surface area contributed by atoms with Crippen molar-refractivity contribution in [2.75, 3.05) is 6.54 Å². The summed E-state index contributed by atoms with van der Waals surface area (Å²) in [7, 11) is 0. The van der Waals surface area contributed by atoms with Gasteiger partial charge >= 0.3 is 0 Å². The lowest BCUT2D eigenvalue weighted by atomic mass is 10.1. The van der Waals surface area contributed by atoms with E-state index in [0.29, 0.717) is 16.5 Å². The highest BCUT2D eigenvalue weighted by atomic mass is 35.5. The molecule has 0 aromatic heterocycles. The lowest BCUT2D eigenvalue weighted by Crippen LogP contribution is -2.26. The first-order chi connectivity index (χ1) is 10.0. The van der Waals surface area contributed by atoms with Gasteiger partial charge in [-0.15, -0.1) is 0 Å². The summed E-state index contributed by atoms with van der Waals surface area (Å²) < 4.78 is 26.5. The molecular weight excluding hydrogens is 319 g/mol. The molecule has 21 heavy (non-hydrogen) atoms. The molecule has 0 atom stereocenters. The molecule has 0 saturated carbocycles. The second-order valence-electron chi connectivity index (χ2n) is 4.32. The second kappa shape index (κ2) is 6.87. The predicted octanol–water partition coefficient (Wildman–Crippen LogP) is 4.24. The third kappa shape index (κ3) is 3.71. The van der Waals surface area contributed by atoms with Crippen LogP contribution >= 0.6 is 23.2 Å². The van der Waals surface area contributed by atoms with Gasteiger partial charge in [0.2, 0.25) is 0 Å². The average Bonchev–Trinajstić information content (AvgIpc) is 2.46. The van der Waals surface area contributed by atoms with Crippen LogP contribution in [0, 0.1) is 11.6 Å². The van der Waals surface area contributed by atoms with E-state index in [1.54, 1.807) is 18.2 Å². The van der Waals surface area contributed by atoms with E-state index in [9.17, 15) is 13.6 Å². The summed E-state index contributed by atoms with van der Waals surface area (Å²) in [6.45, 7) is 0.231. The van der Waals surface area contributed by atoms with E-state index in [2.05, 4.69) is 5.32 Å². The lowest BCUT2D eigenvalue weighted by molar-refractivity contribution is 0.0949. The van der Waals surface area contributed by atoms with E-state index in [4.69, 9.17) is 23.2 Å². The minimum absolute atomic E-state index is 0.231. The molecule has 0 unspecified atom stereocenters. The SMILES string of the molecule is O=C(NCCc1cccc(Cl)c1Cl)c1cccc(F)c1F. The maximum Gasteiger partial charge on any atom is 0.254 e. The van der Waals surface area contributed by atoms with Gasteiger partial charge in [-0.05, 0) is 30.2 Å². The van der Waals surface area contributed by atoms with Gasteiger partial charge in [0.05, 0.1) is 15.6 Å². The van der Waals surface area contributed by atoms with Gasteiger partial charge in [0, 0.05) is 6.54 Å². The maximum atomic E-state index is 13.4. The summed E-state index contributed by atoms with van der Waals surface area (Å²) in [6.07, 6.45) is 0.433. The molecule has 0 radical (unpaired) electrons. The summed E-state index contributed by atoms with van der Waals surface area (Å²) in [5.74, 6) is -2.89. The molecule has 2 nitrogen and oxygen atoms in total. The number of hydrogen-bond donors (Lipinski definition) is 1. The van der Waals surface area contributed by atoms with Crippen molar-refractivity contribution in [2.45, 2.75) is 6.42 Å². The molecule has 0 aliphatic rings. The zero-order valence-electron chi connectivity index (χ0n) is 10.8. The number of nitrogens with one attached hydrogen (secondary N) is 1. The first-order valence-corrected chi connectivity index (χ1v) is 6.91. The van der Waals surface area contributed by atoms with Gasteiger partial charge in [0.25, 0.3) is 5.91 Å². The number of carbonyl (C=O) groups excluding carboxylic acids is 1. The van der Waals surface area contributed by atoms with Crippen molar-refractivity contribution in [1.29, 1.82) is 0 Å². The maximum absolute atomic E-state index is 13.4. The smallest absolute Gasteiger partial charge is 0.254 e. The molecule has 0 spiro atoms. The molecule has 0 aliphatic carbocycles. The monoisotopic (exact) mass is 329 g/mol. The molecule has 1 amide bonds. The van der Waals surface area contributed by atoms with E-state index in [-0.39, 0.29) is 12.1 Å². The van der Waals surface area contributed by atoms with Crippen LogP contribution in [0.25, 0.3) is 0 Å². The van der Waals surface area contributed by atoms with Crippen LogP contribution in [0.1, 0.15) is 15.9 Å². The Kier molecular flexibility index (Phi) is 5.15. The van der Waals surface area contributed by atoms with Crippen LogP contribution in [0.15, 0.2) is 36.4 Å². The number of hydrogen-bond acceptors (Lipinski definition) is 1. The fourth-order valence-electron chi connectivity index (χ4n) is 1.83. The Morgan fingerprint density at radius 1 is 1.10 bits per heavy atom. The quantitative estimate of drug-likeness (QED) is 0.892. The van der Waals surface area contributed by atoms with Crippen molar-refractivity contribution in [1.82, 2.24) is 5.32 Å². The topological polar surface area (TPSA) is 29.1 Å². The second-order valence-corrected chi connectivity index (χ2v) is 5.11. The standard InChI is InChI=1S/C15H11Cl2F2NO/c16-11-5-1-3-9(13(11)17)7-8-20-15(21)10-4-2-6-12(18)14(10)19/h1-6H,7-8H2,(H,20,21). The Balaban J connectivity index is 1.99. The fourth-order valence-corrected chi connectivity index (χ4v) is 2.24. The Labute approximate surface area is 130 Å². The molecular formula is C15H11Cl2F2NO. The highest BCUT2D eigenvalue weighted by Crippen LogP contribution is 2.25. The van der Waals surface area contributed by atoms with Crippen LogP contribution < -0.4 is 5.32 Å². The number of rotatable bonds is 4. The van der Waals surface area contributed by atoms with Crippen molar-refractivity contribution >= 4 is 29.1 Å². The average molecular weight is 330 g/mol. The minimum atomic E-state index is -1.16. The lowest BCUT2D eigenvalue weighted by Gasteiger charge is -2.08. The molecule has 0 saturated heterocycles. The zero-order valence-corrected chi connectivity index (χ0v) is 12.3. The van der Waals surface area contributed by atoms with E-state index in [0.717, 1.165) is 11.6 Å². The molecule has 0 heterocycles. The Bertz CT molecular complexity index is 677. The Morgan fingerprint density at radius 2 is 1.81 bits per heavy atom. The van der Waals surface area contributed by atoms with Crippen LogP contribution in [-0.2, 0) is 6.42 Å². The molecule has 2 rings (SSSR count). The number of halogens is 4. The van der Waals surface area contributed by atoms with Crippen LogP contribution in [0.4, 0.5) is 8.78 Å². The normalized spacial score (nSPS) is 10.5. The highest BCUT2D eigenvalue weighted by Gasteiger charge is 2.14. The van der Waals surface area contributed by atoms with E-state index in [1.807, 2.05) is 0 Å². The van der Waals surface area contributed by atoms with Gasteiger partial charge in [-0.25, -0.2) is 8.78 Å². The van der Waals surface area contributed by atoms with Gasteiger partial charge in [-0.2, -0.15) is 0 Å². The van der Waals surface area contributed by atoms with Crippen LogP contribution in [0.2, 0.25) is 10.0 Å². The molecule has 6 heteroatoms. The summed E-state index contributed by atoms with van der Waals surface area (Å²) >= 11 is 11.9.